The Morgan fingerprint density at radius 2 is 2.22 bits per heavy atom. The Morgan fingerprint density at radius 3 is 3.11 bits per heavy atom. The monoisotopic (exact) mass is 238 g/mol. The van der Waals surface area contributed by atoms with Crippen LogP contribution in [0.3, 0.4) is 0 Å². The molecule has 1 aliphatic heterocycles. The molecule has 1 aliphatic carbocycles. The molecular formula is C16H18N2. The fourth-order valence-electron chi connectivity index (χ4n) is 3.69. The smallest absolute Gasteiger partial charge is 0.0462 e. The molecule has 1 aromatic carbocycles. The van der Waals surface area contributed by atoms with Crippen LogP contribution in [0.15, 0.2) is 30.5 Å². The van der Waals surface area contributed by atoms with Crippen LogP contribution in [0, 0.1) is 5.92 Å². The van der Waals surface area contributed by atoms with E-state index in [1.165, 1.54) is 34.1 Å². The third-order valence-corrected chi connectivity index (χ3v) is 4.44. The molecule has 0 bridgehead atoms. The van der Waals surface area contributed by atoms with Crippen LogP contribution in [-0.4, -0.2) is 29.5 Å². The van der Waals surface area contributed by atoms with Crippen molar-refractivity contribution in [3.05, 3.63) is 41.6 Å². The number of rotatable bonds is 0. The molecule has 4 rings (SSSR count). The summed E-state index contributed by atoms with van der Waals surface area (Å²) >= 11 is 0. The molecule has 92 valence electrons. The Bertz CT molecular complexity index is 650. The van der Waals surface area contributed by atoms with Crippen molar-refractivity contribution in [1.29, 1.82) is 0 Å². The van der Waals surface area contributed by atoms with Gasteiger partial charge in [-0.2, -0.15) is 0 Å². The minimum atomic E-state index is 0.565. The summed E-state index contributed by atoms with van der Waals surface area (Å²) in [5, 5.41) is 1.45. The van der Waals surface area contributed by atoms with Gasteiger partial charge in [0.15, 0.2) is 0 Å². The van der Waals surface area contributed by atoms with Gasteiger partial charge in [0.05, 0.1) is 0 Å². The fraction of sp³-hybridized carbons (Fsp3) is 0.375. The van der Waals surface area contributed by atoms with Gasteiger partial charge in [-0.1, -0.05) is 25.1 Å². The molecule has 2 heterocycles. The number of aromatic nitrogens is 1. The minimum Gasteiger partial charge on any atom is -0.361 e. The van der Waals surface area contributed by atoms with Crippen LogP contribution in [0.2, 0.25) is 0 Å². The quantitative estimate of drug-likeness (QED) is 0.747. The van der Waals surface area contributed by atoms with Crippen LogP contribution in [0.5, 0.6) is 0 Å². The molecule has 0 saturated carbocycles. The van der Waals surface area contributed by atoms with Gasteiger partial charge in [-0.05, 0) is 42.2 Å². The van der Waals surface area contributed by atoms with Crippen molar-refractivity contribution in [2.75, 3.05) is 13.6 Å². The second-order valence-electron chi connectivity index (χ2n) is 5.80. The van der Waals surface area contributed by atoms with Crippen LogP contribution in [0.1, 0.15) is 18.1 Å². The number of H-pyrrole nitrogens is 1. The largest absolute Gasteiger partial charge is 0.361 e. The Labute approximate surface area is 107 Å². The third-order valence-electron chi connectivity index (χ3n) is 4.44. The number of aromatic amines is 1. The van der Waals surface area contributed by atoms with E-state index in [1.54, 1.807) is 0 Å². The van der Waals surface area contributed by atoms with E-state index < -0.39 is 0 Å². The second-order valence-corrected chi connectivity index (χ2v) is 5.80. The van der Waals surface area contributed by atoms with E-state index in [0.29, 0.717) is 12.0 Å². The minimum absolute atomic E-state index is 0.565. The highest BCUT2D eigenvalue weighted by Gasteiger charge is 2.32. The Hall–Kier alpha value is -1.54. The van der Waals surface area contributed by atoms with Crippen molar-refractivity contribution < 1.29 is 0 Å². The maximum atomic E-state index is 3.41. The Kier molecular flexibility index (Phi) is 2.01. The number of fused-ring (bicyclic) bond motifs is 2. The summed E-state index contributed by atoms with van der Waals surface area (Å²) in [5.41, 5.74) is 5.74. The first-order chi connectivity index (χ1) is 8.74. The van der Waals surface area contributed by atoms with Crippen molar-refractivity contribution in [1.82, 2.24) is 9.88 Å². The van der Waals surface area contributed by atoms with E-state index >= 15 is 0 Å². The van der Waals surface area contributed by atoms with Crippen LogP contribution >= 0.6 is 0 Å². The molecule has 18 heavy (non-hydrogen) atoms. The number of benzene rings is 1. The van der Waals surface area contributed by atoms with Gasteiger partial charge < -0.3 is 4.98 Å². The first-order valence-corrected chi connectivity index (χ1v) is 6.75. The van der Waals surface area contributed by atoms with Gasteiger partial charge in [0.1, 0.15) is 0 Å². The molecule has 2 aromatic rings. The van der Waals surface area contributed by atoms with E-state index in [2.05, 4.69) is 54.3 Å². The van der Waals surface area contributed by atoms with Gasteiger partial charge in [0.2, 0.25) is 0 Å². The highest BCUT2D eigenvalue weighted by molar-refractivity contribution is 5.98. The zero-order chi connectivity index (χ0) is 12.3. The highest BCUT2D eigenvalue weighted by atomic mass is 15.1. The SMILES string of the molecule is C[C@@H]1C=C2c3cccc4[nH]cc(c34)C[C@H]2N(C)C1. The molecule has 0 saturated heterocycles. The zero-order valence-corrected chi connectivity index (χ0v) is 10.9. The average molecular weight is 238 g/mol. The molecule has 2 aliphatic rings. The zero-order valence-electron chi connectivity index (χ0n) is 10.9. The highest BCUT2D eigenvalue weighted by Crippen LogP contribution is 2.40. The van der Waals surface area contributed by atoms with Gasteiger partial charge in [-0.3, -0.25) is 4.90 Å². The van der Waals surface area contributed by atoms with Crippen LogP contribution in [0.25, 0.3) is 16.5 Å². The molecule has 2 nitrogen and oxygen atoms in total. The van der Waals surface area contributed by atoms with Crippen LogP contribution < -0.4 is 0 Å². The molecule has 2 atom stereocenters. The van der Waals surface area contributed by atoms with Crippen LogP contribution in [0.4, 0.5) is 0 Å². The van der Waals surface area contributed by atoms with Gasteiger partial charge in [0.25, 0.3) is 0 Å². The number of nitrogens with zero attached hydrogens (tertiary/aromatic N) is 1. The van der Waals surface area contributed by atoms with E-state index in [-0.39, 0.29) is 0 Å². The first-order valence-electron chi connectivity index (χ1n) is 6.75. The van der Waals surface area contributed by atoms with Crippen molar-refractivity contribution in [2.24, 2.45) is 5.92 Å². The normalized spacial score (nSPS) is 27.1. The van der Waals surface area contributed by atoms with E-state index in [9.17, 15) is 0 Å². The molecule has 1 N–H and O–H groups in total. The molecule has 0 unspecified atom stereocenters. The van der Waals surface area contributed by atoms with Gasteiger partial charge >= 0.3 is 0 Å². The number of nitrogens with one attached hydrogen (secondary N) is 1. The topological polar surface area (TPSA) is 19.0 Å². The predicted octanol–water partition coefficient (Wildman–Crippen LogP) is 3.06. The van der Waals surface area contributed by atoms with Crippen LogP contribution in [-0.2, 0) is 6.42 Å². The van der Waals surface area contributed by atoms with E-state index in [4.69, 9.17) is 0 Å². The fourth-order valence-corrected chi connectivity index (χ4v) is 3.69. The summed E-state index contributed by atoms with van der Waals surface area (Å²) in [6.07, 6.45) is 5.82. The van der Waals surface area contributed by atoms with Gasteiger partial charge in [0, 0.05) is 29.7 Å². The standard InChI is InChI=1S/C16H18N2/c1-10-6-13-12-4-3-5-14-16(12)11(8-17-14)7-15(13)18(2)9-10/h3-6,8,10,15,17H,7,9H2,1-2H3/t10-,15-/m1/s1. The summed E-state index contributed by atoms with van der Waals surface area (Å²) in [4.78, 5) is 5.92. The van der Waals surface area contributed by atoms with Crippen molar-refractivity contribution in [3.63, 3.8) is 0 Å². The molecule has 0 radical (unpaired) electrons. The lowest BCUT2D eigenvalue weighted by Crippen LogP contribution is -2.41. The first kappa shape index (κ1) is 10.4. The van der Waals surface area contributed by atoms with E-state index in [0.717, 1.165) is 6.42 Å². The lowest BCUT2D eigenvalue weighted by Gasteiger charge is -2.39. The summed E-state index contributed by atoms with van der Waals surface area (Å²) in [6, 6.07) is 7.19. The van der Waals surface area contributed by atoms with Gasteiger partial charge in [-0.15, -0.1) is 0 Å². The Morgan fingerprint density at radius 1 is 1.33 bits per heavy atom. The predicted molar refractivity (Wildman–Crippen MR) is 75.6 cm³/mol. The molecule has 2 heteroatoms. The number of hydrogen-bond donors (Lipinski definition) is 1. The maximum absolute atomic E-state index is 3.41. The van der Waals surface area contributed by atoms with Gasteiger partial charge in [-0.25, -0.2) is 0 Å². The number of hydrogen-bond acceptors (Lipinski definition) is 1. The molecule has 0 spiro atoms. The Balaban J connectivity index is 2.02. The molecular weight excluding hydrogens is 220 g/mol. The van der Waals surface area contributed by atoms with Crippen molar-refractivity contribution in [3.8, 4) is 0 Å². The summed E-state index contributed by atoms with van der Waals surface area (Å²) < 4.78 is 0. The summed E-state index contributed by atoms with van der Waals surface area (Å²) in [7, 11) is 2.26. The average Bonchev–Trinajstić information content (AvgIpc) is 2.76. The maximum Gasteiger partial charge on any atom is 0.0462 e. The number of likely N-dealkylation sites (N-methyl/N-ethyl adjacent to an activating group) is 1. The van der Waals surface area contributed by atoms with Crippen molar-refractivity contribution in [2.45, 2.75) is 19.4 Å². The molecule has 1 aromatic heterocycles. The summed E-state index contributed by atoms with van der Waals surface area (Å²) in [6.45, 7) is 3.48. The molecule has 0 amide bonds. The lowest BCUT2D eigenvalue weighted by atomic mass is 9.80. The summed E-state index contributed by atoms with van der Waals surface area (Å²) in [5.74, 6) is 0.650. The van der Waals surface area contributed by atoms with E-state index in [1.807, 2.05) is 0 Å². The third kappa shape index (κ3) is 1.27. The molecule has 0 fully saturated rings. The van der Waals surface area contributed by atoms with Crippen molar-refractivity contribution >= 4 is 16.5 Å². The lowest BCUT2D eigenvalue weighted by molar-refractivity contribution is 0.252. The second kappa shape index (κ2) is 3.48.